The van der Waals surface area contributed by atoms with E-state index in [-0.39, 0.29) is 17.7 Å². The number of hydrogen-bond acceptors (Lipinski definition) is 5. The van der Waals surface area contributed by atoms with E-state index in [4.69, 9.17) is 4.74 Å². The van der Waals surface area contributed by atoms with Crippen molar-refractivity contribution in [3.8, 4) is 0 Å². The minimum atomic E-state index is -0.0711. The van der Waals surface area contributed by atoms with E-state index < -0.39 is 0 Å². The predicted molar refractivity (Wildman–Crippen MR) is 154 cm³/mol. The number of allylic oxidation sites excluding steroid dienone is 3. The minimum absolute atomic E-state index is 0.0274. The van der Waals surface area contributed by atoms with Crippen LogP contribution in [0.1, 0.15) is 52.5 Å². The maximum Gasteiger partial charge on any atom is 0.317 e. The quantitative estimate of drug-likeness (QED) is 0.611. The Morgan fingerprint density at radius 2 is 1.84 bits per heavy atom. The van der Waals surface area contributed by atoms with Crippen molar-refractivity contribution in [3.05, 3.63) is 48.3 Å². The van der Waals surface area contributed by atoms with Crippen LogP contribution in [-0.2, 0) is 4.74 Å². The molecule has 3 aliphatic rings. The standard InChI is InChI=1S/C30H44N6O2/c1-22(2)32-29(37)35-18-16-34(17-19-35)27-10-13-31-36-21-25(20-28(27)36)24-6-8-26(9-7-24)30(38-5)11-14-33(15-12-30)23(3)4/h6-8,10,13,20-23,26H,9,11-12,14-19H2,1-5H3,(H,32,37). The van der Waals surface area contributed by atoms with Gasteiger partial charge in [0.2, 0.25) is 0 Å². The van der Waals surface area contributed by atoms with Gasteiger partial charge in [0.25, 0.3) is 0 Å². The van der Waals surface area contributed by atoms with Crippen LogP contribution >= 0.6 is 0 Å². The van der Waals surface area contributed by atoms with Gasteiger partial charge in [0, 0.05) is 82.3 Å². The van der Waals surface area contributed by atoms with E-state index in [2.05, 4.69) is 70.6 Å². The summed E-state index contributed by atoms with van der Waals surface area (Å²) in [4.78, 5) is 19.2. The lowest BCUT2D eigenvalue weighted by Crippen LogP contribution is -2.53. The summed E-state index contributed by atoms with van der Waals surface area (Å²) in [6, 6.07) is 5.12. The highest BCUT2D eigenvalue weighted by Crippen LogP contribution is 2.40. The van der Waals surface area contributed by atoms with E-state index in [1.165, 1.54) is 16.8 Å². The van der Waals surface area contributed by atoms with Gasteiger partial charge in [0.05, 0.1) is 16.8 Å². The topological polar surface area (TPSA) is 65.3 Å². The van der Waals surface area contributed by atoms with Gasteiger partial charge in [-0.05, 0) is 64.7 Å². The summed E-state index contributed by atoms with van der Waals surface area (Å²) in [7, 11) is 1.89. The maximum absolute atomic E-state index is 12.4. The van der Waals surface area contributed by atoms with Gasteiger partial charge in [-0.25, -0.2) is 9.31 Å². The molecule has 2 aromatic heterocycles. The number of piperidine rings is 1. The van der Waals surface area contributed by atoms with Crippen LogP contribution in [0.4, 0.5) is 10.5 Å². The van der Waals surface area contributed by atoms with E-state index in [0.29, 0.717) is 25.0 Å². The Morgan fingerprint density at radius 1 is 1.11 bits per heavy atom. The summed E-state index contributed by atoms with van der Waals surface area (Å²) in [6.45, 7) is 13.8. The molecule has 0 radical (unpaired) electrons. The number of ether oxygens (including phenoxy) is 1. The molecule has 0 bridgehead atoms. The van der Waals surface area contributed by atoms with Crippen molar-refractivity contribution in [1.29, 1.82) is 0 Å². The molecule has 5 rings (SSSR count). The highest BCUT2D eigenvalue weighted by atomic mass is 16.5. The van der Waals surface area contributed by atoms with Crippen LogP contribution in [0.15, 0.2) is 42.8 Å². The molecular formula is C30H44N6O2. The second-order valence-electron chi connectivity index (χ2n) is 11.6. The first kappa shape index (κ1) is 26.8. The number of anilines is 1. The molecule has 38 heavy (non-hydrogen) atoms. The summed E-state index contributed by atoms with van der Waals surface area (Å²) in [5.41, 5.74) is 4.64. The zero-order chi connectivity index (χ0) is 26.9. The maximum atomic E-state index is 12.4. The first-order chi connectivity index (χ1) is 18.3. The van der Waals surface area contributed by atoms with Crippen LogP contribution in [-0.4, -0.2) is 89.5 Å². The number of hydrogen-bond donors (Lipinski definition) is 1. The molecule has 4 heterocycles. The van der Waals surface area contributed by atoms with Crippen LogP contribution in [0.25, 0.3) is 11.1 Å². The van der Waals surface area contributed by atoms with Crippen molar-refractivity contribution in [3.63, 3.8) is 0 Å². The van der Waals surface area contributed by atoms with Crippen molar-refractivity contribution in [2.24, 2.45) is 5.92 Å². The number of carbonyl (C=O) groups excluding carboxylic acids is 1. The number of amides is 2. The summed E-state index contributed by atoms with van der Waals surface area (Å²) < 4.78 is 8.19. The first-order valence-electron chi connectivity index (χ1n) is 14.3. The van der Waals surface area contributed by atoms with Crippen LogP contribution < -0.4 is 10.2 Å². The highest BCUT2D eigenvalue weighted by molar-refractivity contribution is 5.83. The van der Waals surface area contributed by atoms with Gasteiger partial charge in [-0.2, -0.15) is 5.10 Å². The Hall–Kier alpha value is -2.84. The summed E-state index contributed by atoms with van der Waals surface area (Å²) in [6.07, 6.45) is 14.2. The largest absolute Gasteiger partial charge is 0.378 e. The zero-order valence-corrected chi connectivity index (χ0v) is 23.7. The molecule has 1 N–H and O–H groups in total. The fraction of sp³-hybridized carbons (Fsp3) is 0.600. The van der Waals surface area contributed by atoms with Crippen LogP contribution in [0, 0.1) is 5.92 Å². The first-order valence-corrected chi connectivity index (χ1v) is 14.3. The summed E-state index contributed by atoms with van der Waals surface area (Å²) in [5, 5.41) is 7.61. The third kappa shape index (κ3) is 5.34. The molecule has 2 amide bonds. The minimum Gasteiger partial charge on any atom is -0.378 e. The lowest BCUT2D eigenvalue weighted by Gasteiger charge is -2.46. The molecule has 0 spiro atoms. The molecule has 8 nitrogen and oxygen atoms in total. The second-order valence-corrected chi connectivity index (χ2v) is 11.6. The fourth-order valence-electron chi connectivity index (χ4n) is 6.28. The summed E-state index contributed by atoms with van der Waals surface area (Å²) >= 11 is 0. The molecule has 206 valence electrons. The predicted octanol–water partition coefficient (Wildman–Crippen LogP) is 4.42. The molecule has 8 heteroatoms. The number of methoxy groups -OCH3 is 1. The van der Waals surface area contributed by atoms with Gasteiger partial charge < -0.3 is 24.8 Å². The zero-order valence-electron chi connectivity index (χ0n) is 23.7. The average Bonchev–Trinajstić information content (AvgIpc) is 3.37. The van der Waals surface area contributed by atoms with Gasteiger partial charge in [-0.3, -0.25) is 0 Å². The molecule has 2 fully saturated rings. The van der Waals surface area contributed by atoms with Gasteiger partial charge in [-0.15, -0.1) is 0 Å². The molecule has 1 unspecified atom stereocenters. The van der Waals surface area contributed by atoms with Crippen molar-refractivity contribution < 1.29 is 9.53 Å². The van der Waals surface area contributed by atoms with E-state index in [1.807, 2.05) is 36.6 Å². The fourth-order valence-corrected chi connectivity index (χ4v) is 6.28. The number of nitrogens with one attached hydrogen (secondary N) is 1. The van der Waals surface area contributed by atoms with E-state index in [1.54, 1.807) is 0 Å². The molecule has 1 atom stereocenters. The monoisotopic (exact) mass is 520 g/mol. The number of likely N-dealkylation sites (tertiary alicyclic amines) is 1. The number of nitrogens with zero attached hydrogens (tertiary/aromatic N) is 5. The lowest BCUT2D eigenvalue weighted by molar-refractivity contribution is -0.0886. The Morgan fingerprint density at radius 3 is 2.45 bits per heavy atom. The third-order valence-electron chi connectivity index (χ3n) is 8.70. The summed E-state index contributed by atoms with van der Waals surface area (Å²) in [5.74, 6) is 0.403. The Kier molecular flexibility index (Phi) is 7.82. The van der Waals surface area contributed by atoms with Crippen LogP contribution in [0.3, 0.4) is 0 Å². The number of aromatic nitrogens is 2. The Balaban J connectivity index is 1.27. The van der Waals surface area contributed by atoms with E-state index in [0.717, 1.165) is 51.0 Å². The Labute approximate surface area is 227 Å². The molecule has 1 aliphatic carbocycles. The average molecular weight is 521 g/mol. The normalized spacial score (nSPS) is 22.4. The number of rotatable bonds is 6. The van der Waals surface area contributed by atoms with E-state index in [9.17, 15) is 4.79 Å². The molecule has 2 aromatic rings. The van der Waals surface area contributed by atoms with Crippen molar-refractivity contribution >= 4 is 22.8 Å². The third-order valence-corrected chi connectivity index (χ3v) is 8.70. The van der Waals surface area contributed by atoms with Crippen molar-refractivity contribution in [2.75, 3.05) is 51.3 Å². The number of piperazine rings is 1. The van der Waals surface area contributed by atoms with Gasteiger partial charge in [0.1, 0.15) is 0 Å². The smallest absolute Gasteiger partial charge is 0.317 e. The van der Waals surface area contributed by atoms with Crippen LogP contribution in [0.2, 0.25) is 0 Å². The molecule has 0 aromatic carbocycles. The van der Waals surface area contributed by atoms with Gasteiger partial charge in [-0.1, -0.05) is 18.2 Å². The van der Waals surface area contributed by atoms with E-state index >= 15 is 0 Å². The number of carbonyl (C=O) groups is 1. The van der Waals surface area contributed by atoms with Crippen molar-refractivity contribution in [1.82, 2.24) is 24.7 Å². The molecular weight excluding hydrogens is 476 g/mol. The van der Waals surface area contributed by atoms with Gasteiger partial charge >= 0.3 is 6.03 Å². The SMILES string of the molecule is COC1(C2C=CC(c3cc4c(N5CCN(C(=O)NC(C)C)CC5)ccnn4c3)=CC2)CCN(C(C)C)CC1. The number of fused-ring (bicyclic) bond motifs is 1. The van der Waals surface area contributed by atoms with Gasteiger partial charge in [0.15, 0.2) is 0 Å². The Bertz CT molecular complexity index is 1180. The van der Waals surface area contributed by atoms with Crippen LogP contribution in [0.5, 0.6) is 0 Å². The molecule has 2 aliphatic heterocycles. The lowest BCUT2D eigenvalue weighted by atomic mass is 9.75. The highest BCUT2D eigenvalue weighted by Gasteiger charge is 2.41. The second kappa shape index (κ2) is 11.1. The molecule has 2 saturated heterocycles. The van der Waals surface area contributed by atoms with Crippen molar-refractivity contribution in [2.45, 2.75) is 64.6 Å². The molecule has 0 saturated carbocycles. The number of urea groups is 1.